The van der Waals surface area contributed by atoms with Crippen LogP contribution < -0.4 is 0 Å². The number of carbonyl (C=O) groups excluding carboxylic acids is 1. The summed E-state index contributed by atoms with van der Waals surface area (Å²) in [6.07, 6.45) is 2.57. The van der Waals surface area contributed by atoms with E-state index in [2.05, 4.69) is 10.1 Å². The minimum Gasteiger partial charge on any atom is -0.442 e. The minimum atomic E-state index is -0.563. The number of rotatable bonds is 0. The first kappa shape index (κ1) is 11.9. The molecule has 0 unspecified atom stereocenters. The lowest BCUT2D eigenvalue weighted by molar-refractivity contribution is 0.0523. The molecule has 0 spiro atoms. The highest BCUT2D eigenvalue weighted by Crippen LogP contribution is 2.18. The fraction of sp³-hybridized carbons (Fsp3) is 0.364. The fourth-order valence-electron chi connectivity index (χ4n) is 1.35. The molecule has 2 heterocycles. The van der Waals surface area contributed by atoms with Gasteiger partial charge in [0.25, 0.3) is 0 Å². The standard InChI is InChI=1S/C11H12ClN3O2/c1-11(2,3)17-10(16)15-8-4-9(12)13-5-7(8)6-14-15/h4-6H,1-3H3. The monoisotopic (exact) mass is 253 g/mol. The Morgan fingerprint density at radius 2 is 2.12 bits per heavy atom. The number of halogens is 1. The molecule has 0 N–H and O–H groups in total. The summed E-state index contributed by atoms with van der Waals surface area (Å²) in [6.45, 7) is 5.39. The lowest BCUT2D eigenvalue weighted by Gasteiger charge is -2.19. The SMILES string of the molecule is CC(C)(C)OC(=O)n1ncc2cnc(Cl)cc21. The van der Waals surface area contributed by atoms with Gasteiger partial charge in [-0.05, 0) is 20.8 Å². The molecule has 0 aliphatic heterocycles. The van der Waals surface area contributed by atoms with Crippen LogP contribution in [0.1, 0.15) is 20.8 Å². The van der Waals surface area contributed by atoms with E-state index in [1.807, 2.05) is 0 Å². The van der Waals surface area contributed by atoms with Crippen molar-refractivity contribution in [3.8, 4) is 0 Å². The predicted octanol–water partition coefficient (Wildman–Crippen LogP) is 2.87. The van der Waals surface area contributed by atoms with E-state index in [1.165, 1.54) is 4.68 Å². The predicted molar refractivity (Wildman–Crippen MR) is 64.2 cm³/mol. The third-order valence-electron chi connectivity index (χ3n) is 1.99. The molecule has 0 aliphatic rings. The molecule has 0 aliphatic carbocycles. The van der Waals surface area contributed by atoms with E-state index in [0.29, 0.717) is 10.7 Å². The Morgan fingerprint density at radius 3 is 2.76 bits per heavy atom. The van der Waals surface area contributed by atoms with Gasteiger partial charge < -0.3 is 4.74 Å². The number of hydrogen-bond acceptors (Lipinski definition) is 4. The van der Waals surface area contributed by atoms with E-state index in [1.54, 1.807) is 39.2 Å². The first-order valence-electron chi connectivity index (χ1n) is 5.09. The van der Waals surface area contributed by atoms with E-state index in [-0.39, 0.29) is 0 Å². The van der Waals surface area contributed by atoms with Gasteiger partial charge in [0.1, 0.15) is 10.8 Å². The van der Waals surface area contributed by atoms with Crippen LogP contribution in [-0.2, 0) is 4.74 Å². The van der Waals surface area contributed by atoms with E-state index in [0.717, 1.165) is 5.39 Å². The molecule has 90 valence electrons. The van der Waals surface area contributed by atoms with E-state index in [9.17, 15) is 4.79 Å². The molecule has 2 rings (SSSR count). The molecule has 0 saturated heterocycles. The van der Waals surface area contributed by atoms with Gasteiger partial charge >= 0.3 is 6.09 Å². The van der Waals surface area contributed by atoms with Crippen LogP contribution in [-0.4, -0.2) is 26.5 Å². The quantitative estimate of drug-likeness (QED) is 0.678. The van der Waals surface area contributed by atoms with Crippen molar-refractivity contribution in [2.24, 2.45) is 0 Å². The second kappa shape index (κ2) is 4.00. The van der Waals surface area contributed by atoms with Gasteiger partial charge in [-0.2, -0.15) is 9.78 Å². The smallest absolute Gasteiger partial charge is 0.435 e. The number of hydrogen-bond donors (Lipinski definition) is 0. The Bertz CT molecular complexity index is 572. The van der Waals surface area contributed by atoms with E-state index >= 15 is 0 Å². The van der Waals surface area contributed by atoms with Gasteiger partial charge in [-0.3, -0.25) is 0 Å². The highest BCUT2D eigenvalue weighted by molar-refractivity contribution is 6.30. The zero-order chi connectivity index (χ0) is 12.6. The van der Waals surface area contributed by atoms with Crippen molar-refractivity contribution in [3.05, 3.63) is 23.6 Å². The van der Waals surface area contributed by atoms with Crippen LogP contribution >= 0.6 is 11.6 Å². The summed E-state index contributed by atoms with van der Waals surface area (Å²) in [5.74, 6) is 0. The van der Waals surface area contributed by atoms with Crippen molar-refractivity contribution in [2.75, 3.05) is 0 Å². The highest BCUT2D eigenvalue weighted by atomic mass is 35.5. The molecule has 0 bridgehead atoms. The summed E-state index contributed by atoms with van der Waals surface area (Å²) in [5.41, 5.74) is 0.0193. The second-order valence-corrected chi connectivity index (χ2v) is 4.99. The van der Waals surface area contributed by atoms with Gasteiger partial charge in [0, 0.05) is 17.6 Å². The summed E-state index contributed by atoms with van der Waals surface area (Å²) in [6, 6.07) is 1.58. The van der Waals surface area contributed by atoms with Crippen molar-refractivity contribution in [2.45, 2.75) is 26.4 Å². The van der Waals surface area contributed by atoms with Gasteiger partial charge in [0.15, 0.2) is 0 Å². The average molecular weight is 254 g/mol. The zero-order valence-corrected chi connectivity index (χ0v) is 10.5. The number of nitrogens with zero attached hydrogens (tertiary/aromatic N) is 3. The van der Waals surface area contributed by atoms with Crippen molar-refractivity contribution in [1.29, 1.82) is 0 Å². The van der Waals surface area contributed by atoms with Crippen molar-refractivity contribution >= 4 is 28.6 Å². The molecule has 5 nitrogen and oxygen atoms in total. The Hall–Kier alpha value is -1.62. The van der Waals surface area contributed by atoms with Gasteiger partial charge in [0.05, 0.1) is 11.7 Å². The molecular weight excluding hydrogens is 242 g/mol. The summed E-state index contributed by atoms with van der Waals surface area (Å²) in [7, 11) is 0. The van der Waals surface area contributed by atoms with Crippen molar-refractivity contribution in [1.82, 2.24) is 14.8 Å². The van der Waals surface area contributed by atoms with E-state index < -0.39 is 11.7 Å². The largest absolute Gasteiger partial charge is 0.442 e. The van der Waals surface area contributed by atoms with Gasteiger partial charge in [-0.15, -0.1) is 0 Å². The normalized spacial score (nSPS) is 11.8. The van der Waals surface area contributed by atoms with Crippen LogP contribution in [0.4, 0.5) is 4.79 Å². The number of carbonyl (C=O) groups is 1. The molecule has 0 radical (unpaired) electrons. The molecule has 0 aromatic carbocycles. The van der Waals surface area contributed by atoms with E-state index in [4.69, 9.17) is 16.3 Å². The number of ether oxygens (including phenoxy) is 1. The maximum Gasteiger partial charge on any atom is 0.435 e. The maximum absolute atomic E-state index is 11.9. The van der Waals surface area contributed by atoms with Crippen molar-refractivity contribution in [3.63, 3.8) is 0 Å². The summed E-state index contributed by atoms with van der Waals surface area (Å²) in [4.78, 5) is 15.8. The Labute approximate surface area is 103 Å². The molecule has 2 aromatic rings. The second-order valence-electron chi connectivity index (χ2n) is 4.60. The Morgan fingerprint density at radius 1 is 1.41 bits per heavy atom. The van der Waals surface area contributed by atoms with Gasteiger partial charge in [0.2, 0.25) is 0 Å². The fourth-order valence-corrected chi connectivity index (χ4v) is 1.50. The molecule has 6 heteroatoms. The zero-order valence-electron chi connectivity index (χ0n) is 9.77. The third-order valence-corrected chi connectivity index (χ3v) is 2.19. The Kier molecular flexibility index (Phi) is 2.79. The molecule has 17 heavy (non-hydrogen) atoms. The van der Waals surface area contributed by atoms with Crippen LogP contribution in [0.5, 0.6) is 0 Å². The van der Waals surface area contributed by atoms with Gasteiger partial charge in [-0.1, -0.05) is 11.6 Å². The van der Waals surface area contributed by atoms with Crippen LogP contribution in [0.25, 0.3) is 10.9 Å². The highest BCUT2D eigenvalue weighted by Gasteiger charge is 2.20. The summed E-state index contributed by atoms with van der Waals surface area (Å²) >= 11 is 5.78. The molecule has 0 saturated carbocycles. The van der Waals surface area contributed by atoms with Crippen LogP contribution in [0, 0.1) is 0 Å². The van der Waals surface area contributed by atoms with Crippen LogP contribution in [0.3, 0.4) is 0 Å². The van der Waals surface area contributed by atoms with Crippen molar-refractivity contribution < 1.29 is 9.53 Å². The summed E-state index contributed by atoms with van der Waals surface area (Å²) < 4.78 is 6.40. The molecule has 0 fully saturated rings. The topological polar surface area (TPSA) is 57.0 Å². The number of pyridine rings is 1. The lowest BCUT2D eigenvalue weighted by atomic mass is 10.2. The number of aromatic nitrogens is 3. The maximum atomic E-state index is 11.9. The summed E-state index contributed by atoms with van der Waals surface area (Å²) in [5, 5.41) is 5.01. The van der Waals surface area contributed by atoms with Crippen LogP contribution in [0.2, 0.25) is 5.15 Å². The average Bonchev–Trinajstić information content (AvgIpc) is 2.57. The molecule has 0 amide bonds. The molecular formula is C11H12ClN3O2. The third kappa shape index (κ3) is 2.55. The van der Waals surface area contributed by atoms with Crippen LogP contribution in [0.15, 0.2) is 18.5 Å². The molecule has 2 aromatic heterocycles. The minimum absolute atomic E-state index is 0.308. The van der Waals surface area contributed by atoms with Gasteiger partial charge in [-0.25, -0.2) is 9.78 Å². The first-order valence-corrected chi connectivity index (χ1v) is 5.47. The molecule has 0 atom stereocenters. The lowest BCUT2D eigenvalue weighted by Crippen LogP contribution is -2.27. The Balaban J connectivity index is 2.42. The number of fused-ring (bicyclic) bond motifs is 1. The first-order chi connectivity index (χ1) is 7.87.